The van der Waals surface area contributed by atoms with Crippen LogP contribution in [0, 0.1) is 6.92 Å². The summed E-state index contributed by atoms with van der Waals surface area (Å²) in [5.74, 6) is 1.51. The first-order chi connectivity index (χ1) is 16.3. The molecule has 1 heterocycles. The maximum atomic E-state index is 13.2. The highest BCUT2D eigenvalue weighted by atomic mass is 35.5. The van der Waals surface area contributed by atoms with Crippen LogP contribution in [0.25, 0.3) is 21.2 Å². The Balaban J connectivity index is 1.80. The Hall–Kier alpha value is -3.22. The van der Waals surface area contributed by atoms with E-state index in [9.17, 15) is 4.79 Å². The van der Waals surface area contributed by atoms with Crippen LogP contribution in [0.5, 0.6) is 11.5 Å². The summed E-state index contributed by atoms with van der Waals surface area (Å²) in [5.41, 5.74) is 4.61. The fourth-order valence-electron chi connectivity index (χ4n) is 4.03. The molecular formula is C27H27ClN2O3S. The standard InChI is InChI=1S/C27H27ClN2O3S/c1-15(2)17-11-8-9-16(3)25(17)29-27(31)30-26-24(18-10-6-7-12-20(18)28)19-13-21(32-4)22(33-5)14-23(19)34-26/h6-15H,1-5H3,(H2,29,30,31). The number of ether oxygens (including phenoxy) is 2. The van der Waals surface area contributed by atoms with E-state index in [1.165, 1.54) is 11.3 Å². The Morgan fingerprint density at radius 2 is 1.68 bits per heavy atom. The molecule has 4 rings (SSSR count). The van der Waals surface area contributed by atoms with Crippen LogP contribution in [0.2, 0.25) is 5.02 Å². The van der Waals surface area contributed by atoms with Crippen LogP contribution < -0.4 is 20.1 Å². The van der Waals surface area contributed by atoms with Crippen molar-refractivity contribution < 1.29 is 14.3 Å². The van der Waals surface area contributed by atoms with Crippen molar-refractivity contribution in [2.24, 2.45) is 0 Å². The predicted octanol–water partition coefficient (Wildman–Crippen LogP) is 8.31. The molecule has 0 aliphatic heterocycles. The molecular weight excluding hydrogens is 468 g/mol. The summed E-state index contributed by atoms with van der Waals surface area (Å²) in [4.78, 5) is 13.2. The molecule has 0 unspecified atom stereocenters. The summed E-state index contributed by atoms with van der Waals surface area (Å²) in [7, 11) is 3.21. The first-order valence-corrected chi connectivity index (χ1v) is 12.1. The van der Waals surface area contributed by atoms with E-state index in [0.29, 0.717) is 21.5 Å². The molecule has 0 saturated carbocycles. The number of carbonyl (C=O) groups excluding carboxylic acids is 1. The zero-order valence-electron chi connectivity index (χ0n) is 19.8. The van der Waals surface area contributed by atoms with Gasteiger partial charge in [0.25, 0.3) is 0 Å². The molecule has 0 fully saturated rings. The number of rotatable bonds is 6. The summed E-state index contributed by atoms with van der Waals surface area (Å²) < 4.78 is 12.0. The van der Waals surface area contributed by atoms with Crippen molar-refractivity contribution in [2.75, 3.05) is 24.9 Å². The highest BCUT2D eigenvalue weighted by Crippen LogP contribution is 2.48. The number of carbonyl (C=O) groups is 1. The second-order valence-electron chi connectivity index (χ2n) is 8.26. The van der Waals surface area contributed by atoms with Crippen LogP contribution in [0.4, 0.5) is 15.5 Å². The number of thiophene rings is 1. The number of hydrogen-bond donors (Lipinski definition) is 2. The zero-order chi connectivity index (χ0) is 24.4. The van der Waals surface area contributed by atoms with Gasteiger partial charge in [-0.2, -0.15) is 0 Å². The van der Waals surface area contributed by atoms with Gasteiger partial charge < -0.3 is 14.8 Å². The number of nitrogens with one attached hydrogen (secondary N) is 2. The van der Waals surface area contributed by atoms with E-state index in [1.807, 2.05) is 61.5 Å². The molecule has 0 bridgehead atoms. The van der Waals surface area contributed by atoms with E-state index in [2.05, 4.69) is 24.5 Å². The molecule has 2 amide bonds. The number of anilines is 2. The number of halogens is 1. The summed E-state index contributed by atoms with van der Waals surface area (Å²) in [6, 6.07) is 17.2. The first-order valence-electron chi connectivity index (χ1n) is 10.9. The number of para-hydroxylation sites is 1. The molecule has 34 heavy (non-hydrogen) atoms. The number of benzene rings is 3. The molecule has 2 N–H and O–H groups in total. The number of methoxy groups -OCH3 is 2. The summed E-state index contributed by atoms with van der Waals surface area (Å²) in [6.07, 6.45) is 0. The molecule has 0 saturated heterocycles. The highest BCUT2D eigenvalue weighted by Gasteiger charge is 2.21. The average molecular weight is 495 g/mol. The number of fused-ring (bicyclic) bond motifs is 1. The average Bonchev–Trinajstić information content (AvgIpc) is 3.15. The van der Waals surface area contributed by atoms with Gasteiger partial charge in [0.05, 0.1) is 14.2 Å². The van der Waals surface area contributed by atoms with Crippen LogP contribution in [-0.4, -0.2) is 20.3 Å². The summed E-state index contributed by atoms with van der Waals surface area (Å²) in [6.45, 7) is 6.22. The van der Waals surface area contributed by atoms with Crippen LogP contribution in [-0.2, 0) is 0 Å². The van der Waals surface area contributed by atoms with E-state index in [1.54, 1.807) is 14.2 Å². The molecule has 1 aromatic heterocycles. The van der Waals surface area contributed by atoms with Crippen molar-refractivity contribution >= 4 is 49.7 Å². The number of amides is 2. The summed E-state index contributed by atoms with van der Waals surface area (Å²) >= 11 is 8.05. The number of urea groups is 1. The third kappa shape index (κ3) is 4.56. The number of aryl methyl sites for hydroxylation is 1. The van der Waals surface area contributed by atoms with Gasteiger partial charge in [-0.25, -0.2) is 4.79 Å². The van der Waals surface area contributed by atoms with E-state index in [0.717, 1.165) is 38.0 Å². The van der Waals surface area contributed by atoms with Crippen molar-refractivity contribution in [3.05, 3.63) is 70.7 Å². The Morgan fingerprint density at radius 1 is 0.971 bits per heavy atom. The van der Waals surface area contributed by atoms with E-state index < -0.39 is 0 Å². The quantitative estimate of drug-likeness (QED) is 0.283. The lowest BCUT2D eigenvalue weighted by Gasteiger charge is -2.17. The minimum Gasteiger partial charge on any atom is -0.493 e. The van der Waals surface area contributed by atoms with Gasteiger partial charge in [-0.3, -0.25) is 5.32 Å². The zero-order valence-corrected chi connectivity index (χ0v) is 21.4. The lowest BCUT2D eigenvalue weighted by molar-refractivity contribution is 0.262. The first kappa shape index (κ1) is 23.9. The molecule has 3 aromatic carbocycles. The molecule has 0 aliphatic carbocycles. The van der Waals surface area contributed by atoms with Crippen LogP contribution in [0.3, 0.4) is 0 Å². The normalized spacial score (nSPS) is 11.0. The lowest BCUT2D eigenvalue weighted by atomic mass is 9.98. The second-order valence-corrected chi connectivity index (χ2v) is 9.72. The van der Waals surface area contributed by atoms with Crippen molar-refractivity contribution in [3.8, 4) is 22.6 Å². The maximum Gasteiger partial charge on any atom is 0.324 e. The van der Waals surface area contributed by atoms with Gasteiger partial charge in [-0.1, -0.05) is 61.8 Å². The van der Waals surface area contributed by atoms with Gasteiger partial charge in [-0.05, 0) is 36.1 Å². The molecule has 0 radical (unpaired) electrons. The molecule has 4 aromatic rings. The van der Waals surface area contributed by atoms with Gasteiger partial charge in [0.2, 0.25) is 0 Å². The Labute approximate surface area is 208 Å². The van der Waals surface area contributed by atoms with Gasteiger partial charge in [0.1, 0.15) is 5.00 Å². The molecule has 5 nitrogen and oxygen atoms in total. The van der Waals surface area contributed by atoms with Crippen molar-refractivity contribution in [1.29, 1.82) is 0 Å². The van der Waals surface area contributed by atoms with Crippen LogP contribution >= 0.6 is 22.9 Å². The largest absolute Gasteiger partial charge is 0.493 e. The minimum absolute atomic E-state index is 0.276. The van der Waals surface area contributed by atoms with Gasteiger partial charge in [0.15, 0.2) is 11.5 Å². The van der Waals surface area contributed by atoms with Gasteiger partial charge >= 0.3 is 6.03 Å². The van der Waals surface area contributed by atoms with Crippen molar-refractivity contribution in [2.45, 2.75) is 26.7 Å². The lowest BCUT2D eigenvalue weighted by Crippen LogP contribution is -2.21. The third-order valence-electron chi connectivity index (χ3n) is 5.73. The highest BCUT2D eigenvalue weighted by molar-refractivity contribution is 7.23. The number of hydrogen-bond acceptors (Lipinski definition) is 4. The van der Waals surface area contributed by atoms with Gasteiger partial charge in [-0.15, -0.1) is 11.3 Å². The van der Waals surface area contributed by atoms with Crippen molar-refractivity contribution in [3.63, 3.8) is 0 Å². The summed E-state index contributed by atoms with van der Waals surface area (Å²) in [5, 5.41) is 8.35. The molecule has 176 valence electrons. The Morgan fingerprint density at radius 3 is 2.35 bits per heavy atom. The fraction of sp³-hybridized carbons (Fsp3) is 0.222. The SMILES string of the molecule is COc1cc2sc(NC(=O)Nc3c(C)cccc3C(C)C)c(-c3ccccc3Cl)c2cc1OC. The molecule has 0 spiro atoms. The third-order valence-corrected chi connectivity index (χ3v) is 7.13. The fourth-order valence-corrected chi connectivity index (χ4v) is 5.39. The van der Waals surface area contributed by atoms with E-state index in [4.69, 9.17) is 21.1 Å². The van der Waals surface area contributed by atoms with Gasteiger partial charge in [0, 0.05) is 38.0 Å². The topological polar surface area (TPSA) is 59.6 Å². The Kier molecular flexibility index (Phi) is 7.00. The molecule has 7 heteroatoms. The monoisotopic (exact) mass is 494 g/mol. The molecule has 0 aliphatic rings. The van der Waals surface area contributed by atoms with E-state index >= 15 is 0 Å². The Bertz CT molecular complexity index is 1360. The van der Waals surface area contributed by atoms with Crippen molar-refractivity contribution in [1.82, 2.24) is 0 Å². The van der Waals surface area contributed by atoms with Crippen LogP contribution in [0.1, 0.15) is 30.9 Å². The maximum absolute atomic E-state index is 13.2. The minimum atomic E-state index is -0.310. The molecule has 0 atom stereocenters. The predicted molar refractivity (Wildman–Crippen MR) is 143 cm³/mol. The second kappa shape index (κ2) is 9.95. The van der Waals surface area contributed by atoms with Crippen LogP contribution in [0.15, 0.2) is 54.6 Å². The van der Waals surface area contributed by atoms with E-state index in [-0.39, 0.29) is 11.9 Å². The smallest absolute Gasteiger partial charge is 0.324 e.